The second kappa shape index (κ2) is 6.86. The van der Waals surface area contributed by atoms with E-state index < -0.39 is 0 Å². The van der Waals surface area contributed by atoms with Gasteiger partial charge in [0.15, 0.2) is 0 Å². The van der Waals surface area contributed by atoms with E-state index in [4.69, 9.17) is 9.52 Å². The van der Waals surface area contributed by atoms with Crippen molar-refractivity contribution in [3.8, 4) is 0 Å². The molecule has 3 heterocycles. The molecule has 4 rings (SSSR count). The minimum atomic E-state index is -0.137. The molecule has 0 N–H and O–H groups in total. The van der Waals surface area contributed by atoms with E-state index in [1.165, 1.54) is 19.3 Å². The zero-order valence-corrected chi connectivity index (χ0v) is 15.1. The molecule has 1 aliphatic carbocycles. The molecule has 0 aromatic carbocycles. The Bertz CT molecular complexity index is 1030. The largest absolute Gasteiger partial charge is 0.336 e. The van der Waals surface area contributed by atoms with Gasteiger partial charge in [0.05, 0.1) is 22.7 Å². The molecule has 0 amide bonds. The molecular weight excluding hydrogens is 328 g/mol. The second-order valence-corrected chi connectivity index (χ2v) is 6.91. The molecule has 0 bridgehead atoms. The van der Waals surface area contributed by atoms with Gasteiger partial charge in [-0.15, -0.1) is 0 Å². The van der Waals surface area contributed by atoms with Gasteiger partial charge in [0.1, 0.15) is 5.49 Å². The van der Waals surface area contributed by atoms with Crippen LogP contribution < -0.4 is 5.49 Å². The van der Waals surface area contributed by atoms with Crippen LogP contribution in [0.4, 0.5) is 0 Å². The molecule has 1 saturated carbocycles. The molecule has 6 nitrogen and oxygen atoms in total. The number of rotatable bonds is 2. The average molecular weight is 350 g/mol. The molecule has 1 aliphatic rings. The number of fused-ring (bicyclic) bond motifs is 1. The van der Waals surface area contributed by atoms with Crippen molar-refractivity contribution in [1.82, 2.24) is 14.7 Å². The molecule has 0 unspecified atom stereocenters. The summed E-state index contributed by atoms with van der Waals surface area (Å²) in [6.07, 6.45) is 7.64. The number of aromatic nitrogens is 3. The van der Waals surface area contributed by atoms with E-state index in [1.54, 1.807) is 16.8 Å². The summed E-state index contributed by atoms with van der Waals surface area (Å²) in [4.78, 5) is 22.5. The van der Waals surface area contributed by atoms with Gasteiger partial charge in [0.2, 0.25) is 0 Å². The van der Waals surface area contributed by atoms with E-state index in [0.717, 1.165) is 18.5 Å². The van der Waals surface area contributed by atoms with E-state index >= 15 is 0 Å². The summed E-state index contributed by atoms with van der Waals surface area (Å²) in [5, 5.41) is 4.63. The lowest BCUT2D eigenvalue weighted by atomic mass is 9.96. The highest BCUT2D eigenvalue weighted by molar-refractivity contribution is 6.06. The van der Waals surface area contributed by atoms with E-state index in [2.05, 4.69) is 10.1 Å². The predicted octanol–water partition coefficient (Wildman–Crippen LogP) is 3.56. The summed E-state index contributed by atoms with van der Waals surface area (Å²) in [5.74, 6) is -0.137. The van der Waals surface area contributed by atoms with Crippen LogP contribution in [-0.4, -0.2) is 26.7 Å². The summed E-state index contributed by atoms with van der Waals surface area (Å²) >= 11 is 0. The van der Waals surface area contributed by atoms with Crippen molar-refractivity contribution in [2.24, 2.45) is 4.99 Å². The SMILES string of the molecule is Cc1cc(C(=O)n2ccccc2=NC2CCCCC2)c2c(C)noc2n1. The minimum absolute atomic E-state index is 0.137. The van der Waals surface area contributed by atoms with Crippen molar-refractivity contribution < 1.29 is 9.32 Å². The molecule has 134 valence electrons. The normalized spacial score (nSPS) is 16.3. The maximum Gasteiger partial charge on any atom is 0.264 e. The first-order chi connectivity index (χ1) is 12.6. The Morgan fingerprint density at radius 1 is 1.23 bits per heavy atom. The maximum atomic E-state index is 13.3. The van der Waals surface area contributed by atoms with Crippen LogP contribution in [0, 0.1) is 13.8 Å². The predicted molar refractivity (Wildman–Crippen MR) is 97.9 cm³/mol. The Morgan fingerprint density at radius 3 is 2.85 bits per heavy atom. The summed E-state index contributed by atoms with van der Waals surface area (Å²) in [7, 11) is 0. The van der Waals surface area contributed by atoms with Crippen LogP contribution >= 0.6 is 0 Å². The fourth-order valence-electron chi connectivity index (χ4n) is 3.62. The summed E-state index contributed by atoms with van der Waals surface area (Å²) < 4.78 is 6.88. The van der Waals surface area contributed by atoms with Gasteiger partial charge in [0, 0.05) is 11.9 Å². The van der Waals surface area contributed by atoms with Crippen molar-refractivity contribution in [3.05, 3.63) is 52.9 Å². The molecule has 0 atom stereocenters. The second-order valence-electron chi connectivity index (χ2n) is 6.91. The molecule has 1 fully saturated rings. The van der Waals surface area contributed by atoms with Gasteiger partial charge in [-0.2, -0.15) is 0 Å². The number of pyridine rings is 2. The van der Waals surface area contributed by atoms with Gasteiger partial charge in [-0.1, -0.05) is 30.5 Å². The lowest BCUT2D eigenvalue weighted by molar-refractivity contribution is 0.0955. The van der Waals surface area contributed by atoms with E-state index in [1.807, 2.05) is 32.0 Å². The van der Waals surface area contributed by atoms with Crippen LogP contribution in [0.5, 0.6) is 0 Å². The standard InChI is InChI=1S/C20H22N4O2/c1-13-12-16(18-14(2)23-26-19(18)21-13)20(25)24-11-7-6-10-17(24)22-15-8-4-3-5-9-15/h6-7,10-12,15H,3-5,8-9H2,1-2H3. The molecule has 0 radical (unpaired) electrons. The van der Waals surface area contributed by atoms with Crippen LogP contribution in [0.3, 0.4) is 0 Å². The number of hydrogen-bond acceptors (Lipinski definition) is 5. The third-order valence-electron chi connectivity index (χ3n) is 4.92. The van der Waals surface area contributed by atoms with Gasteiger partial charge < -0.3 is 4.52 Å². The van der Waals surface area contributed by atoms with Crippen LogP contribution in [0.2, 0.25) is 0 Å². The van der Waals surface area contributed by atoms with Gasteiger partial charge in [-0.05, 0) is 44.9 Å². The van der Waals surface area contributed by atoms with Crippen LogP contribution in [0.1, 0.15) is 53.8 Å². The first-order valence-electron chi connectivity index (χ1n) is 9.13. The van der Waals surface area contributed by atoms with Gasteiger partial charge in [-0.3, -0.25) is 14.4 Å². The van der Waals surface area contributed by atoms with E-state index in [9.17, 15) is 4.79 Å². The highest BCUT2D eigenvalue weighted by atomic mass is 16.5. The molecule has 0 spiro atoms. The molecule has 26 heavy (non-hydrogen) atoms. The summed E-state index contributed by atoms with van der Waals surface area (Å²) in [5.41, 5.74) is 3.02. The van der Waals surface area contributed by atoms with Crippen molar-refractivity contribution in [2.45, 2.75) is 52.0 Å². The van der Waals surface area contributed by atoms with Crippen LogP contribution in [0.25, 0.3) is 11.1 Å². The van der Waals surface area contributed by atoms with Crippen molar-refractivity contribution in [2.75, 3.05) is 0 Å². The van der Waals surface area contributed by atoms with Crippen LogP contribution in [0.15, 0.2) is 40.0 Å². The minimum Gasteiger partial charge on any atom is -0.336 e. The first kappa shape index (κ1) is 16.7. The number of carbonyl (C=O) groups excluding carboxylic acids is 1. The van der Waals surface area contributed by atoms with Gasteiger partial charge in [-0.25, -0.2) is 4.98 Å². The first-order valence-corrected chi connectivity index (χ1v) is 9.13. The third kappa shape index (κ3) is 3.07. The monoisotopic (exact) mass is 350 g/mol. The Hall–Kier alpha value is -2.76. The van der Waals surface area contributed by atoms with Crippen LogP contribution in [-0.2, 0) is 0 Å². The van der Waals surface area contributed by atoms with Gasteiger partial charge >= 0.3 is 0 Å². The van der Waals surface area contributed by atoms with Gasteiger partial charge in [0.25, 0.3) is 11.6 Å². The molecular formula is C20H22N4O2. The maximum absolute atomic E-state index is 13.3. The Kier molecular flexibility index (Phi) is 4.41. The molecule has 3 aromatic heterocycles. The highest BCUT2D eigenvalue weighted by Crippen LogP contribution is 2.23. The van der Waals surface area contributed by atoms with Crippen molar-refractivity contribution in [1.29, 1.82) is 0 Å². The van der Waals surface area contributed by atoms with Crippen molar-refractivity contribution >= 4 is 17.0 Å². The van der Waals surface area contributed by atoms with E-state index in [0.29, 0.717) is 33.9 Å². The quantitative estimate of drug-likeness (QED) is 0.708. The molecule has 0 aliphatic heterocycles. The third-order valence-corrected chi connectivity index (χ3v) is 4.92. The molecule has 6 heteroatoms. The number of nitrogens with zero attached hydrogens (tertiary/aromatic N) is 4. The van der Waals surface area contributed by atoms with Crippen molar-refractivity contribution in [3.63, 3.8) is 0 Å². The average Bonchev–Trinajstić information content (AvgIpc) is 3.02. The lowest BCUT2D eigenvalue weighted by Gasteiger charge is -2.17. The topological polar surface area (TPSA) is 73.3 Å². The Balaban J connectivity index is 1.83. The number of aryl methyl sites for hydroxylation is 2. The smallest absolute Gasteiger partial charge is 0.264 e. The summed E-state index contributed by atoms with van der Waals surface area (Å²) in [6.45, 7) is 3.67. The number of hydrogen-bond donors (Lipinski definition) is 0. The fraction of sp³-hybridized carbons (Fsp3) is 0.400. The highest BCUT2D eigenvalue weighted by Gasteiger charge is 2.20. The fourth-order valence-corrected chi connectivity index (χ4v) is 3.62. The zero-order chi connectivity index (χ0) is 18.1. The van der Waals surface area contributed by atoms with E-state index in [-0.39, 0.29) is 5.91 Å². The molecule has 3 aromatic rings. The number of carbonyl (C=O) groups is 1. The summed E-state index contributed by atoms with van der Waals surface area (Å²) in [6, 6.07) is 7.76. The zero-order valence-electron chi connectivity index (χ0n) is 15.1. The molecule has 0 saturated heterocycles. The Labute approximate surface area is 151 Å². The Morgan fingerprint density at radius 2 is 2.04 bits per heavy atom. The lowest BCUT2D eigenvalue weighted by Crippen LogP contribution is -2.29.